The Morgan fingerprint density at radius 3 is 2.37 bits per heavy atom. The average molecular weight is 260 g/mol. The van der Waals surface area contributed by atoms with E-state index in [0.29, 0.717) is 5.41 Å². The van der Waals surface area contributed by atoms with E-state index in [1.54, 1.807) is 0 Å². The summed E-state index contributed by atoms with van der Waals surface area (Å²) in [6.07, 6.45) is 0. The molecule has 0 aliphatic carbocycles. The molecule has 2 nitrogen and oxygen atoms in total. The van der Waals surface area contributed by atoms with Gasteiger partial charge in [0.25, 0.3) is 0 Å². The second-order valence-corrected chi connectivity index (χ2v) is 7.46. The summed E-state index contributed by atoms with van der Waals surface area (Å²) in [5, 5.41) is 3.62. The molecule has 1 aromatic carbocycles. The number of nitrogens with one attached hydrogen (secondary N) is 1. The van der Waals surface area contributed by atoms with Crippen LogP contribution in [-0.4, -0.2) is 25.2 Å². The predicted octanol–water partition coefficient (Wildman–Crippen LogP) is 3.52. The molecule has 2 rings (SSSR count). The molecule has 1 aliphatic rings. The lowest BCUT2D eigenvalue weighted by Gasteiger charge is -2.42. The largest absolute Gasteiger partial charge is 0.364 e. The molecule has 1 saturated heterocycles. The Bertz CT molecular complexity index is 460. The van der Waals surface area contributed by atoms with Gasteiger partial charge in [0.15, 0.2) is 0 Å². The van der Waals surface area contributed by atoms with Gasteiger partial charge in [-0.25, -0.2) is 0 Å². The molecule has 0 aromatic heterocycles. The molecule has 1 N–H and O–H groups in total. The maximum Gasteiger partial charge on any atom is 0.0470 e. The van der Waals surface area contributed by atoms with Gasteiger partial charge >= 0.3 is 0 Å². The van der Waals surface area contributed by atoms with Gasteiger partial charge in [0.1, 0.15) is 0 Å². The molecule has 1 aliphatic heterocycles. The Labute approximate surface area is 118 Å². The molecule has 0 radical (unpaired) electrons. The third kappa shape index (κ3) is 3.11. The molecule has 19 heavy (non-hydrogen) atoms. The Kier molecular flexibility index (Phi) is 3.65. The normalized spacial score (nSPS) is 22.1. The number of hydrogen-bond acceptors (Lipinski definition) is 2. The monoisotopic (exact) mass is 260 g/mol. The minimum Gasteiger partial charge on any atom is -0.364 e. The molecule has 1 aromatic rings. The number of rotatable bonds is 1. The molecule has 0 atom stereocenters. The summed E-state index contributed by atoms with van der Waals surface area (Å²) in [5.41, 5.74) is 4.54. The summed E-state index contributed by atoms with van der Waals surface area (Å²) < 4.78 is 0. The van der Waals surface area contributed by atoms with Gasteiger partial charge < -0.3 is 10.2 Å². The molecule has 0 saturated carbocycles. The first-order chi connectivity index (χ1) is 8.71. The Balaban J connectivity index is 2.43. The quantitative estimate of drug-likeness (QED) is 0.831. The minimum atomic E-state index is 0.147. The fourth-order valence-electron chi connectivity index (χ4n) is 3.02. The van der Waals surface area contributed by atoms with Gasteiger partial charge in [-0.1, -0.05) is 31.5 Å². The number of nitrogens with zero attached hydrogens (tertiary/aromatic N) is 1. The number of anilines is 1. The van der Waals surface area contributed by atoms with E-state index >= 15 is 0 Å². The molecule has 0 spiro atoms. The summed E-state index contributed by atoms with van der Waals surface area (Å²) >= 11 is 0. The number of benzene rings is 1. The van der Waals surface area contributed by atoms with Gasteiger partial charge in [-0.3, -0.25) is 0 Å². The zero-order valence-corrected chi connectivity index (χ0v) is 13.3. The Hall–Kier alpha value is -1.02. The van der Waals surface area contributed by atoms with Crippen LogP contribution in [0, 0.1) is 19.3 Å². The van der Waals surface area contributed by atoms with Gasteiger partial charge in [-0.05, 0) is 44.7 Å². The number of aryl methyl sites for hydroxylation is 2. The van der Waals surface area contributed by atoms with Gasteiger partial charge in [0, 0.05) is 30.9 Å². The fourth-order valence-corrected chi connectivity index (χ4v) is 3.02. The van der Waals surface area contributed by atoms with Crippen molar-refractivity contribution in [2.24, 2.45) is 5.41 Å². The zero-order chi connectivity index (χ0) is 14.3. The highest BCUT2D eigenvalue weighted by atomic mass is 15.2. The van der Waals surface area contributed by atoms with Crippen LogP contribution in [0.25, 0.3) is 0 Å². The predicted molar refractivity (Wildman–Crippen MR) is 84.0 cm³/mol. The maximum absolute atomic E-state index is 3.62. The second-order valence-electron chi connectivity index (χ2n) is 7.46. The van der Waals surface area contributed by atoms with Gasteiger partial charge in [0.2, 0.25) is 0 Å². The van der Waals surface area contributed by atoms with E-state index in [-0.39, 0.29) is 5.54 Å². The van der Waals surface area contributed by atoms with Crippen molar-refractivity contribution in [2.45, 2.75) is 47.1 Å². The van der Waals surface area contributed by atoms with E-state index in [0.717, 1.165) is 19.6 Å². The molecular formula is C17H28N2. The van der Waals surface area contributed by atoms with E-state index in [1.165, 1.54) is 16.8 Å². The second kappa shape index (κ2) is 4.82. The Morgan fingerprint density at radius 2 is 1.74 bits per heavy atom. The summed E-state index contributed by atoms with van der Waals surface area (Å²) in [5.74, 6) is 0. The highest BCUT2D eigenvalue weighted by Crippen LogP contribution is 2.33. The van der Waals surface area contributed by atoms with Crippen molar-refractivity contribution < 1.29 is 0 Å². The molecule has 106 valence electrons. The standard InChI is InChI=1S/C17H28N2/c1-13-7-8-15(14(2)9-13)19-12-16(3,4)10-18-11-17(19,5)6/h7-9,18H,10-12H2,1-6H3. The van der Waals surface area contributed by atoms with E-state index in [2.05, 4.69) is 70.0 Å². The molecule has 1 heterocycles. The van der Waals surface area contributed by atoms with Crippen molar-refractivity contribution >= 4 is 5.69 Å². The topological polar surface area (TPSA) is 15.3 Å². The molecule has 2 heteroatoms. The molecule has 0 bridgehead atoms. The van der Waals surface area contributed by atoms with E-state index in [4.69, 9.17) is 0 Å². The first kappa shape index (κ1) is 14.4. The molecule has 0 unspecified atom stereocenters. The van der Waals surface area contributed by atoms with Crippen LogP contribution in [0.2, 0.25) is 0 Å². The highest BCUT2D eigenvalue weighted by molar-refractivity contribution is 5.56. The fraction of sp³-hybridized carbons (Fsp3) is 0.647. The van der Waals surface area contributed by atoms with Crippen molar-refractivity contribution in [3.05, 3.63) is 29.3 Å². The van der Waals surface area contributed by atoms with Gasteiger partial charge in [0.05, 0.1) is 0 Å². The third-order valence-corrected chi connectivity index (χ3v) is 4.12. The van der Waals surface area contributed by atoms with Crippen LogP contribution < -0.4 is 10.2 Å². The first-order valence-corrected chi connectivity index (χ1v) is 7.27. The van der Waals surface area contributed by atoms with Crippen LogP contribution in [0.4, 0.5) is 5.69 Å². The smallest absolute Gasteiger partial charge is 0.0470 e. The minimum absolute atomic E-state index is 0.147. The van der Waals surface area contributed by atoms with Crippen molar-refractivity contribution in [3.63, 3.8) is 0 Å². The van der Waals surface area contributed by atoms with Gasteiger partial charge in [-0.15, -0.1) is 0 Å². The van der Waals surface area contributed by atoms with E-state index < -0.39 is 0 Å². The molecule has 1 fully saturated rings. The van der Waals surface area contributed by atoms with Crippen molar-refractivity contribution in [2.75, 3.05) is 24.5 Å². The summed E-state index contributed by atoms with van der Waals surface area (Å²) in [6, 6.07) is 6.80. The molecule has 0 amide bonds. The van der Waals surface area contributed by atoms with E-state index in [9.17, 15) is 0 Å². The van der Waals surface area contributed by atoms with Crippen LogP contribution in [0.1, 0.15) is 38.8 Å². The SMILES string of the molecule is Cc1ccc(N2CC(C)(C)CNCC2(C)C)c(C)c1. The van der Waals surface area contributed by atoms with Crippen LogP contribution in [0.5, 0.6) is 0 Å². The lowest BCUT2D eigenvalue weighted by molar-refractivity contribution is 0.365. The van der Waals surface area contributed by atoms with Crippen molar-refractivity contribution in [1.29, 1.82) is 0 Å². The van der Waals surface area contributed by atoms with Crippen molar-refractivity contribution in [1.82, 2.24) is 5.32 Å². The lowest BCUT2D eigenvalue weighted by Crippen LogP contribution is -2.50. The summed E-state index contributed by atoms with van der Waals surface area (Å²) in [7, 11) is 0. The first-order valence-electron chi connectivity index (χ1n) is 7.27. The highest BCUT2D eigenvalue weighted by Gasteiger charge is 2.35. The van der Waals surface area contributed by atoms with E-state index in [1.807, 2.05) is 0 Å². The molecular weight excluding hydrogens is 232 g/mol. The third-order valence-electron chi connectivity index (χ3n) is 4.12. The van der Waals surface area contributed by atoms with Crippen LogP contribution in [0.3, 0.4) is 0 Å². The van der Waals surface area contributed by atoms with Crippen LogP contribution in [0.15, 0.2) is 18.2 Å². The Morgan fingerprint density at radius 1 is 1.05 bits per heavy atom. The summed E-state index contributed by atoms with van der Waals surface area (Å²) in [6.45, 7) is 17.0. The van der Waals surface area contributed by atoms with Crippen LogP contribution in [-0.2, 0) is 0 Å². The maximum atomic E-state index is 3.62. The number of hydrogen-bond donors (Lipinski definition) is 1. The zero-order valence-electron chi connectivity index (χ0n) is 13.3. The van der Waals surface area contributed by atoms with Crippen molar-refractivity contribution in [3.8, 4) is 0 Å². The van der Waals surface area contributed by atoms with Gasteiger partial charge in [-0.2, -0.15) is 0 Å². The summed E-state index contributed by atoms with van der Waals surface area (Å²) in [4.78, 5) is 2.59. The lowest BCUT2D eigenvalue weighted by atomic mass is 9.91. The average Bonchev–Trinajstić information content (AvgIpc) is 2.35. The van der Waals surface area contributed by atoms with Crippen LogP contribution >= 0.6 is 0 Å².